The number of rotatable bonds is 4. The first-order valence-corrected chi connectivity index (χ1v) is 11.7. The van der Waals surface area contributed by atoms with E-state index in [9.17, 15) is 0 Å². The normalized spacial score (nSPS) is 13.2. The molecule has 6 heteroatoms. The third kappa shape index (κ3) is 3.52. The molecule has 0 saturated carbocycles. The highest BCUT2D eigenvalue weighted by Gasteiger charge is 2.14. The number of para-hydroxylation sites is 1. The molecule has 0 saturated heterocycles. The van der Waals surface area contributed by atoms with Gasteiger partial charge >= 0.3 is 0 Å². The van der Waals surface area contributed by atoms with Gasteiger partial charge in [-0.1, -0.05) is 66.7 Å². The zero-order valence-electron chi connectivity index (χ0n) is 19.1. The summed E-state index contributed by atoms with van der Waals surface area (Å²) in [4.78, 5) is 4.52. The summed E-state index contributed by atoms with van der Waals surface area (Å²) in [5, 5.41) is 12.7. The minimum absolute atomic E-state index is 0.742. The van der Waals surface area contributed by atoms with Gasteiger partial charge in [0.05, 0.1) is 23.3 Å². The molecular weight excluding hydrogens is 446 g/mol. The summed E-state index contributed by atoms with van der Waals surface area (Å²) in [6, 6.07) is 33.3. The van der Waals surface area contributed by atoms with Crippen LogP contribution in [0.3, 0.4) is 0 Å². The van der Waals surface area contributed by atoms with Crippen LogP contribution < -0.4 is 10.6 Å². The van der Waals surface area contributed by atoms with Gasteiger partial charge in [-0.25, -0.2) is 9.50 Å². The quantitative estimate of drug-likeness (QED) is 0.329. The first-order chi connectivity index (χ1) is 17.8. The summed E-state index contributed by atoms with van der Waals surface area (Å²) in [7, 11) is 0. The third-order valence-corrected chi connectivity index (χ3v) is 6.29. The highest BCUT2D eigenvalue weighted by molar-refractivity contribution is 5.82. The Morgan fingerprint density at radius 2 is 1.53 bits per heavy atom. The second-order valence-corrected chi connectivity index (χ2v) is 8.55. The molecule has 3 aromatic heterocycles. The van der Waals surface area contributed by atoms with Crippen molar-refractivity contribution in [1.29, 1.82) is 0 Å². The van der Waals surface area contributed by atoms with Gasteiger partial charge in [-0.3, -0.25) is 0 Å². The first-order valence-electron chi connectivity index (χ1n) is 11.7. The highest BCUT2D eigenvalue weighted by Crippen LogP contribution is 2.29. The Balaban J connectivity index is 1.18. The molecule has 0 aliphatic carbocycles. The van der Waals surface area contributed by atoms with Crippen molar-refractivity contribution in [3.05, 3.63) is 127 Å². The molecule has 0 spiro atoms. The summed E-state index contributed by atoms with van der Waals surface area (Å²) >= 11 is 0. The maximum Gasteiger partial charge on any atom is 0.155 e. The van der Waals surface area contributed by atoms with E-state index in [1.54, 1.807) is 6.20 Å². The Bertz CT molecular complexity index is 1740. The SMILES string of the molecule is [c]1ccc(C2=CNC=C(c3ccc(-c4ccc5ncc(-c6cc7ccccc7o6)n5n4)cc3)N2)cc1. The van der Waals surface area contributed by atoms with E-state index in [1.807, 2.05) is 83.6 Å². The molecule has 4 heterocycles. The van der Waals surface area contributed by atoms with Crippen LogP contribution in [0.5, 0.6) is 0 Å². The number of hydrogen-bond donors (Lipinski definition) is 2. The molecule has 1 aliphatic heterocycles. The number of imidazole rings is 1. The fourth-order valence-electron chi connectivity index (χ4n) is 4.43. The maximum atomic E-state index is 6.06. The van der Waals surface area contributed by atoms with Crippen molar-refractivity contribution in [3.63, 3.8) is 0 Å². The molecule has 1 aliphatic rings. The van der Waals surface area contributed by atoms with Crippen molar-refractivity contribution >= 4 is 28.0 Å². The molecule has 0 atom stereocenters. The largest absolute Gasteiger partial charge is 0.454 e. The summed E-state index contributed by atoms with van der Waals surface area (Å²) in [6.07, 6.45) is 5.72. The molecule has 0 bridgehead atoms. The molecule has 0 amide bonds. The Kier molecular flexibility index (Phi) is 4.67. The smallest absolute Gasteiger partial charge is 0.155 e. The van der Waals surface area contributed by atoms with Gasteiger partial charge in [0, 0.05) is 23.3 Å². The fraction of sp³-hybridized carbons (Fsp3) is 0. The van der Waals surface area contributed by atoms with Gasteiger partial charge in [-0.15, -0.1) is 0 Å². The van der Waals surface area contributed by atoms with Gasteiger partial charge < -0.3 is 15.1 Å². The Hall–Kier alpha value is -5.10. The van der Waals surface area contributed by atoms with Gasteiger partial charge in [0.25, 0.3) is 0 Å². The molecular formula is C30H20N5O. The topological polar surface area (TPSA) is 67.4 Å². The fourth-order valence-corrected chi connectivity index (χ4v) is 4.43. The van der Waals surface area contributed by atoms with Crippen LogP contribution in [0.4, 0.5) is 0 Å². The molecule has 171 valence electrons. The highest BCUT2D eigenvalue weighted by atomic mass is 16.3. The molecule has 7 rings (SSSR count). The van der Waals surface area contributed by atoms with E-state index in [0.29, 0.717) is 0 Å². The lowest BCUT2D eigenvalue weighted by atomic mass is 10.1. The minimum Gasteiger partial charge on any atom is -0.454 e. The summed E-state index contributed by atoms with van der Waals surface area (Å²) in [6.45, 7) is 0. The van der Waals surface area contributed by atoms with Crippen LogP contribution in [0, 0.1) is 6.07 Å². The van der Waals surface area contributed by atoms with Crippen molar-refractivity contribution in [2.24, 2.45) is 0 Å². The zero-order chi connectivity index (χ0) is 23.9. The number of hydrogen-bond acceptors (Lipinski definition) is 5. The lowest BCUT2D eigenvalue weighted by Crippen LogP contribution is -2.19. The van der Waals surface area contributed by atoms with E-state index in [2.05, 4.69) is 45.9 Å². The maximum absolute atomic E-state index is 6.06. The van der Waals surface area contributed by atoms with E-state index in [-0.39, 0.29) is 0 Å². The van der Waals surface area contributed by atoms with Gasteiger partial charge in [-0.2, -0.15) is 5.10 Å². The van der Waals surface area contributed by atoms with Gasteiger partial charge in [0.2, 0.25) is 0 Å². The van der Waals surface area contributed by atoms with Crippen LogP contribution >= 0.6 is 0 Å². The number of nitrogens with one attached hydrogen (secondary N) is 2. The molecule has 1 radical (unpaired) electrons. The standard InChI is InChI=1S/C30H20N5O/c1-2-6-20(7-3-1)25-17-31-18-26(33-25)22-12-10-21(11-13-22)24-14-15-30-32-19-27(35(30)34-24)29-16-23-8-4-5-9-28(23)36-29/h2-19,31,33H. The van der Waals surface area contributed by atoms with Crippen molar-refractivity contribution < 1.29 is 4.42 Å². The second-order valence-electron chi connectivity index (χ2n) is 8.55. The van der Waals surface area contributed by atoms with E-state index in [0.717, 1.165) is 61.8 Å². The average molecular weight is 467 g/mol. The van der Waals surface area contributed by atoms with Crippen LogP contribution in [0.2, 0.25) is 0 Å². The number of aromatic nitrogens is 3. The predicted molar refractivity (Wildman–Crippen MR) is 141 cm³/mol. The molecule has 0 unspecified atom stereocenters. The van der Waals surface area contributed by atoms with Gasteiger partial charge in [0.1, 0.15) is 11.3 Å². The lowest BCUT2D eigenvalue weighted by molar-refractivity contribution is 0.625. The van der Waals surface area contributed by atoms with Crippen LogP contribution in [0.25, 0.3) is 50.7 Å². The van der Waals surface area contributed by atoms with E-state index in [1.165, 1.54) is 0 Å². The van der Waals surface area contributed by atoms with E-state index in [4.69, 9.17) is 9.52 Å². The van der Waals surface area contributed by atoms with Crippen LogP contribution in [-0.4, -0.2) is 14.6 Å². The lowest BCUT2D eigenvalue weighted by Gasteiger charge is -2.19. The van der Waals surface area contributed by atoms with Crippen LogP contribution in [-0.2, 0) is 0 Å². The van der Waals surface area contributed by atoms with E-state index >= 15 is 0 Å². The third-order valence-electron chi connectivity index (χ3n) is 6.29. The van der Waals surface area contributed by atoms with Gasteiger partial charge in [0.15, 0.2) is 11.4 Å². The van der Waals surface area contributed by atoms with Crippen LogP contribution in [0.15, 0.2) is 114 Å². The summed E-state index contributed by atoms with van der Waals surface area (Å²) < 4.78 is 7.90. The molecule has 2 N–H and O–H groups in total. The molecule has 36 heavy (non-hydrogen) atoms. The Labute approximate surface area is 207 Å². The molecule has 6 nitrogen and oxygen atoms in total. The predicted octanol–water partition coefficient (Wildman–Crippen LogP) is 6.10. The van der Waals surface area contributed by atoms with Gasteiger partial charge in [-0.05, 0) is 41.5 Å². The van der Waals surface area contributed by atoms with E-state index < -0.39 is 0 Å². The van der Waals surface area contributed by atoms with Crippen LogP contribution in [0.1, 0.15) is 11.1 Å². The average Bonchev–Trinajstić information content (AvgIpc) is 3.57. The Morgan fingerprint density at radius 1 is 0.778 bits per heavy atom. The van der Waals surface area contributed by atoms with Crippen molar-refractivity contribution in [3.8, 4) is 22.7 Å². The first kappa shape index (κ1) is 20.3. The molecule has 0 fully saturated rings. The van der Waals surface area contributed by atoms with Crippen molar-refractivity contribution in [2.45, 2.75) is 0 Å². The monoisotopic (exact) mass is 466 g/mol. The zero-order valence-corrected chi connectivity index (χ0v) is 19.1. The second kappa shape index (κ2) is 8.29. The summed E-state index contributed by atoms with van der Waals surface area (Å²) in [5.74, 6) is 0.742. The number of furan rings is 1. The van der Waals surface area contributed by atoms with Crippen molar-refractivity contribution in [1.82, 2.24) is 25.2 Å². The van der Waals surface area contributed by atoms with Crippen molar-refractivity contribution in [2.75, 3.05) is 0 Å². The number of benzene rings is 3. The minimum atomic E-state index is 0.742. The number of fused-ring (bicyclic) bond motifs is 2. The Morgan fingerprint density at radius 3 is 2.33 bits per heavy atom. The summed E-state index contributed by atoms with van der Waals surface area (Å²) in [5.41, 5.74) is 8.49. The molecule has 6 aromatic rings. The molecule has 3 aromatic carbocycles. The number of nitrogens with zero attached hydrogens (tertiary/aromatic N) is 3.